The monoisotopic (exact) mass is 338 g/mol. The maximum Gasteiger partial charge on any atom is 0.248 e. The van der Waals surface area contributed by atoms with Crippen LogP contribution in [-0.2, 0) is 14.9 Å². The van der Waals surface area contributed by atoms with Gasteiger partial charge in [-0.2, -0.15) is 4.98 Å². The van der Waals surface area contributed by atoms with Crippen LogP contribution in [0.1, 0.15) is 72.6 Å². The molecular weight excluding hydrogens is 308 g/mol. The standard InChI is InChI=1S/C17H30N4O3/c1-8-23-11-9-17(18,16(11,6)7)14(22)19-10(2)12-20-13(21-24-12)15(3,4)5/h10-11H,8-9,18H2,1-7H3,(H,19,22). The number of carbonyl (C=O) groups is 1. The third-order valence-corrected chi connectivity index (χ3v) is 5.07. The second-order valence-corrected chi connectivity index (χ2v) is 8.24. The minimum Gasteiger partial charge on any atom is -0.378 e. The maximum absolute atomic E-state index is 12.7. The summed E-state index contributed by atoms with van der Waals surface area (Å²) in [6.07, 6.45) is 0.494. The van der Waals surface area contributed by atoms with Crippen molar-refractivity contribution in [1.82, 2.24) is 15.5 Å². The van der Waals surface area contributed by atoms with E-state index in [0.717, 1.165) is 0 Å². The Labute approximate surface area is 143 Å². The van der Waals surface area contributed by atoms with Crippen molar-refractivity contribution in [2.24, 2.45) is 11.1 Å². The first-order valence-electron chi connectivity index (χ1n) is 8.49. The smallest absolute Gasteiger partial charge is 0.248 e. The number of hydrogen-bond acceptors (Lipinski definition) is 6. The van der Waals surface area contributed by atoms with Crippen LogP contribution in [0.2, 0.25) is 0 Å². The second kappa shape index (κ2) is 6.11. The summed E-state index contributed by atoms with van der Waals surface area (Å²) in [5.74, 6) is 0.781. The molecule has 0 radical (unpaired) electrons. The molecule has 1 aromatic heterocycles. The minimum absolute atomic E-state index is 0.00977. The molecule has 0 spiro atoms. The molecule has 0 aliphatic heterocycles. The van der Waals surface area contributed by atoms with Gasteiger partial charge in [0.05, 0.1) is 6.10 Å². The van der Waals surface area contributed by atoms with Crippen LogP contribution in [0.25, 0.3) is 0 Å². The molecule has 3 atom stereocenters. The van der Waals surface area contributed by atoms with Crippen molar-refractivity contribution < 1.29 is 14.1 Å². The summed E-state index contributed by atoms with van der Waals surface area (Å²) in [5, 5.41) is 6.89. The molecular formula is C17H30N4O3. The summed E-state index contributed by atoms with van der Waals surface area (Å²) in [7, 11) is 0. The summed E-state index contributed by atoms with van der Waals surface area (Å²) >= 11 is 0. The van der Waals surface area contributed by atoms with Crippen molar-refractivity contribution in [2.75, 3.05) is 6.61 Å². The van der Waals surface area contributed by atoms with Gasteiger partial charge < -0.3 is 20.3 Å². The van der Waals surface area contributed by atoms with E-state index in [1.807, 2.05) is 48.5 Å². The average molecular weight is 338 g/mol. The maximum atomic E-state index is 12.7. The van der Waals surface area contributed by atoms with Crippen molar-refractivity contribution in [2.45, 2.75) is 78.0 Å². The Hall–Kier alpha value is -1.47. The molecule has 1 amide bonds. The summed E-state index contributed by atoms with van der Waals surface area (Å²) in [6.45, 7) is 14.3. The Bertz CT molecular complexity index is 605. The van der Waals surface area contributed by atoms with Gasteiger partial charge in [0.15, 0.2) is 5.82 Å². The van der Waals surface area contributed by atoms with Crippen LogP contribution in [0.3, 0.4) is 0 Å². The molecule has 2 rings (SSSR count). The van der Waals surface area contributed by atoms with E-state index in [-0.39, 0.29) is 17.4 Å². The number of carbonyl (C=O) groups excluding carboxylic acids is 1. The van der Waals surface area contributed by atoms with E-state index in [1.165, 1.54) is 0 Å². The zero-order valence-corrected chi connectivity index (χ0v) is 15.8. The van der Waals surface area contributed by atoms with E-state index in [4.69, 9.17) is 15.0 Å². The minimum atomic E-state index is -0.964. The first kappa shape index (κ1) is 18.9. The Kier molecular flexibility index (Phi) is 4.80. The highest BCUT2D eigenvalue weighted by Crippen LogP contribution is 2.50. The Morgan fingerprint density at radius 1 is 1.50 bits per heavy atom. The molecule has 136 valence electrons. The molecule has 7 heteroatoms. The Morgan fingerprint density at radius 3 is 2.58 bits per heavy atom. The fourth-order valence-corrected chi connectivity index (χ4v) is 2.92. The predicted octanol–water partition coefficient (Wildman–Crippen LogP) is 2.08. The molecule has 1 aliphatic carbocycles. The van der Waals surface area contributed by atoms with Crippen LogP contribution >= 0.6 is 0 Å². The van der Waals surface area contributed by atoms with Crippen LogP contribution in [-0.4, -0.2) is 34.3 Å². The van der Waals surface area contributed by atoms with Gasteiger partial charge in [-0.3, -0.25) is 4.79 Å². The first-order chi connectivity index (χ1) is 10.9. The molecule has 3 N–H and O–H groups in total. The normalized spacial score (nSPS) is 27.4. The van der Waals surface area contributed by atoms with E-state index in [0.29, 0.717) is 24.7 Å². The van der Waals surface area contributed by atoms with Gasteiger partial charge in [0.1, 0.15) is 11.6 Å². The number of nitrogens with zero attached hydrogens (tertiary/aromatic N) is 2. The predicted molar refractivity (Wildman–Crippen MR) is 90.3 cm³/mol. The molecule has 24 heavy (non-hydrogen) atoms. The quantitative estimate of drug-likeness (QED) is 0.852. The summed E-state index contributed by atoms with van der Waals surface area (Å²) in [6, 6.07) is -0.400. The number of amides is 1. The number of rotatable bonds is 5. The lowest BCUT2D eigenvalue weighted by Crippen LogP contribution is -2.75. The van der Waals surface area contributed by atoms with Crippen LogP contribution in [0.15, 0.2) is 4.52 Å². The van der Waals surface area contributed by atoms with E-state index < -0.39 is 17.0 Å². The van der Waals surface area contributed by atoms with Gasteiger partial charge in [0.25, 0.3) is 0 Å². The van der Waals surface area contributed by atoms with Crippen molar-refractivity contribution >= 4 is 5.91 Å². The van der Waals surface area contributed by atoms with Crippen LogP contribution in [0.5, 0.6) is 0 Å². The zero-order valence-electron chi connectivity index (χ0n) is 15.8. The van der Waals surface area contributed by atoms with Gasteiger partial charge in [0.2, 0.25) is 11.8 Å². The molecule has 3 unspecified atom stereocenters. The number of ether oxygens (including phenoxy) is 1. The molecule has 7 nitrogen and oxygen atoms in total. The van der Waals surface area contributed by atoms with Crippen molar-refractivity contribution in [3.05, 3.63) is 11.7 Å². The number of hydrogen-bond donors (Lipinski definition) is 2. The van der Waals surface area contributed by atoms with Gasteiger partial charge in [-0.25, -0.2) is 0 Å². The fraction of sp³-hybridized carbons (Fsp3) is 0.824. The van der Waals surface area contributed by atoms with Crippen molar-refractivity contribution in [1.29, 1.82) is 0 Å². The van der Waals surface area contributed by atoms with Crippen LogP contribution < -0.4 is 11.1 Å². The Balaban J connectivity index is 2.06. The third-order valence-electron chi connectivity index (χ3n) is 5.07. The largest absolute Gasteiger partial charge is 0.378 e. The van der Waals surface area contributed by atoms with Gasteiger partial charge in [-0.05, 0) is 13.8 Å². The Morgan fingerprint density at radius 2 is 2.12 bits per heavy atom. The van der Waals surface area contributed by atoms with Gasteiger partial charge in [-0.15, -0.1) is 0 Å². The molecule has 1 fully saturated rings. The molecule has 0 aromatic carbocycles. The highest BCUT2D eigenvalue weighted by atomic mass is 16.5. The topological polar surface area (TPSA) is 103 Å². The summed E-state index contributed by atoms with van der Waals surface area (Å²) in [4.78, 5) is 17.1. The van der Waals surface area contributed by atoms with Gasteiger partial charge in [-0.1, -0.05) is 39.8 Å². The van der Waals surface area contributed by atoms with Crippen LogP contribution in [0.4, 0.5) is 0 Å². The average Bonchev–Trinajstić information content (AvgIpc) is 2.96. The van der Waals surface area contributed by atoms with E-state index >= 15 is 0 Å². The highest BCUT2D eigenvalue weighted by Gasteiger charge is 2.63. The molecule has 1 heterocycles. The molecule has 0 saturated heterocycles. The zero-order chi connectivity index (χ0) is 18.3. The fourth-order valence-electron chi connectivity index (χ4n) is 2.92. The summed E-state index contributed by atoms with van der Waals surface area (Å²) in [5.41, 5.74) is 4.78. The SMILES string of the molecule is CCOC1CC(N)(C(=O)NC(C)c2nc(C(C)(C)C)no2)C1(C)C. The molecule has 1 saturated carbocycles. The second-order valence-electron chi connectivity index (χ2n) is 8.24. The molecule has 1 aliphatic rings. The number of nitrogens with two attached hydrogens (primary N) is 1. The summed E-state index contributed by atoms with van der Waals surface area (Å²) < 4.78 is 11.0. The van der Waals surface area contributed by atoms with Crippen molar-refractivity contribution in [3.8, 4) is 0 Å². The highest BCUT2D eigenvalue weighted by molar-refractivity contribution is 5.89. The lowest BCUT2D eigenvalue weighted by molar-refractivity contribution is -0.171. The van der Waals surface area contributed by atoms with Gasteiger partial charge in [0, 0.05) is 23.9 Å². The molecule has 1 aromatic rings. The van der Waals surface area contributed by atoms with E-state index in [9.17, 15) is 4.79 Å². The lowest BCUT2D eigenvalue weighted by Gasteiger charge is -2.57. The van der Waals surface area contributed by atoms with E-state index in [1.54, 1.807) is 0 Å². The van der Waals surface area contributed by atoms with Gasteiger partial charge >= 0.3 is 0 Å². The number of nitrogens with one attached hydrogen (secondary N) is 1. The molecule has 0 bridgehead atoms. The lowest BCUT2D eigenvalue weighted by atomic mass is 9.54. The van der Waals surface area contributed by atoms with Crippen LogP contribution in [0, 0.1) is 5.41 Å². The first-order valence-corrected chi connectivity index (χ1v) is 8.49. The van der Waals surface area contributed by atoms with Crippen molar-refractivity contribution in [3.63, 3.8) is 0 Å². The number of aromatic nitrogens is 2. The third kappa shape index (κ3) is 3.07. The van der Waals surface area contributed by atoms with E-state index in [2.05, 4.69) is 15.5 Å².